The Morgan fingerprint density at radius 1 is 1.24 bits per heavy atom. The molecule has 1 aliphatic heterocycles. The van der Waals surface area contributed by atoms with Crippen molar-refractivity contribution in [1.29, 1.82) is 0 Å². The zero-order valence-electron chi connectivity index (χ0n) is 12.9. The van der Waals surface area contributed by atoms with Crippen LogP contribution in [0.2, 0.25) is 0 Å². The molecule has 21 heavy (non-hydrogen) atoms. The van der Waals surface area contributed by atoms with Crippen LogP contribution in [0.1, 0.15) is 69.7 Å². The van der Waals surface area contributed by atoms with Crippen molar-refractivity contribution < 1.29 is 4.79 Å². The second-order valence-electron chi connectivity index (χ2n) is 6.78. The summed E-state index contributed by atoms with van der Waals surface area (Å²) >= 11 is 1.55. The molecule has 0 radical (unpaired) electrons. The molecule has 5 nitrogen and oxygen atoms in total. The molecule has 1 N–H and O–H groups in total. The lowest BCUT2D eigenvalue weighted by Crippen LogP contribution is -2.44. The van der Waals surface area contributed by atoms with E-state index in [1.807, 2.05) is 4.90 Å². The molecule has 0 bridgehead atoms. The van der Waals surface area contributed by atoms with Gasteiger partial charge in [-0.25, -0.2) is 4.79 Å². The first-order chi connectivity index (χ1) is 10.1. The van der Waals surface area contributed by atoms with Crippen LogP contribution in [0, 0.1) is 0 Å². The highest BCUT2D eigenvalue weighted by molar-refractivity contribution is 7.15. The van der Waals surface area contributed by atoms with Crippen molar-refractivity contribution in [2.45, 2.75) is 70.3 Å². The lowest BCUT2D eigenvalue weighted by atomic mass is 9.90. The van der Waals surface area contributed by atoms with Crippen LogP contribution in [-0.2, 0) is 0 Å². The molecule has 116 valence electrons. The van der Waals surface area contributed by atoms with Gasteiger partial charge in [0.05, 0.1) is 0 Å². The highest BCUT2D eigenvalue weighted by atomic mass is 32.1. The number of carbonyl (C=O) groups is 1. The van der Waals surface area contributed by atoms with Crippen molar-refractivity contribution in [2.75, 3.05) is 11.9 Å². The summed E-state index contributed by atoms with van der Waals surface area (Å²) in [6.07, 6.45) is 8.46. The lowest BCUT2D eigenvalue weighted by molar-refractivity contribution is 0.178. The number of likely N-dealkylation sites (tertiary alicyclic amines) is 1. The van der Waals surface area contributed by atoms with Gasteiger partial charge in [0.2, 0.25) is 5.13 Å². The van der Waals surface area contributed by atoms with Crippen LogP contribution in [0.5, 0.6) is 0 Å². The molecule has 1 aromatic rings. The van der Waals surface area contributed by atoms with Crippen LogP contribution in [0.4, 0.5) is 9.93 Å². The van der Waals surface area contributed by atoms with E-state index in [-0.39, 0.29) is 11.6 Å². The normalized spacial score (nSPS) is 22.5. The Labute approximate surface area is 130 Å². The molecule has 1 saturated heterocycles. The van der Waals surface area contributed by atoms with Crippen LogP contribution in [0.25, 0.3) is 0 Å². The molecule has 6 heteroatoms. The van der Waals surface area contributed by atoms with Crippen LogP contribution < -0.4 is 5.32 Å². The minimum atomic E-state index is -0.0546. The summed E-state index contributed by atoms with van der Waals surface area (Å²) in [7, 11) is 0. The third-order valence-corrected chi connectivity index (χ3v) is 5.76. The number of anilines is 1. The Balaban J connectivity index is 1.63. The number of hydrogen-bond acceptors (Lipinski definition) is 4. The molecule has 1 aliphatic carbocycles. The maximum atomic E-state index is 12.4. The van der Waals surface area contributed by atoms with E-state index in [2.05, 4.69) is 29.4 Å². The number of carbonyl (C=O) groups excluding carboxylic acids is 1. The number of urea groups is 1. The maximum Gasteiger partial charge on any atom is 0.324 e. The summed E-state index contributed by atoms with van der Waals surface area (Å²) in [4.78, 5) is 14.3. The zero-order chi connectivity index (χ0) is 14.9. The van der Waals surface area contributed by atoms with Crippen molar-refractivity contribution in [3.8, 4) is 0 Å². The Kier molecular flexibility index (Phi) is 4.15. The maximum absolute atomic E-state index is 12.4. The van der Waals surface area contributed by atoms with E-state index >= 15 is 0 Å². The van der Waals surface area contributed by atoms with Gasteiger partial charge >= 0.3 is 6.03 Å². The fourth-order valence-electron chi connectivity index (χ4n) is 3.44. The van der Waals surface area contributed by atoms with Gasteiger partial charge in [0.15, 0.2) is 0 Å². The van der Waals surface area contributed by atoms with Gasteiger partial charge in [-0.2, -0.15) is 0 Å². The topological polar surface area (TPSA) is 58.1 Å². The number of rotatable bonds is 2. The van der Waals surface area contributed by atoms with Crippen LogP contribution in [-0.4, -0.2) is 33.2 Å². The van der Waals surface area contributed by atoms with E-state index in [1.54, 1.807) is 11.3 Å². The molecule has 1 aromatic heterocycles. The quantitative estimate of drug-likeness (QED) is 0.898. The molecule has 0 atom stereocenters. The number of aromatic nitrogens is 2. The van der Waals surface area contributed by atoms with Crippen molar-refractivity contribution in [3.05, 3.63) is 5.01 Å². The Bertz CT molecular complexity index is 508. The van der Waals surface area contributed by atoms with Crippen molar-refractivity contribution in [3.63, 3.8) is 0 Å². The summed E-state index contributed by atoms with van der Waals surface area (Å²) in [5.41, 5.74) is -0.0546. The summed E-state index contributed by atoms with van der Waals surface area (Å²) < 4.78 is 0. The number of nitrogens with one attached hydrogen (secondary N) is 1. The first kappa shape index (κ1) is 14.8. The fraction of sp³-hybridized carbons (Fsp3) is 0.800. The Hall–Kier alpha value is -1.17. The predicted molar refractivity (Wildman–Crippen MR) is 84.8 cm³/mol. The molecule has 0 spiro atoms. The number of hydrogen-bond donors (Lipinski definition) is 1. The minimum absolute atomic E-state index is 0.0381. The molecule has 1 saturated carbocycles. The third-order valence-electron chi connectivity index (χ3n) is 4.76. The average molecular weight is 308 g/mol. The van der Waals surface area contributed by atoms with E-state index in [1.165, 1.54) is 32.1 Å². The van der Waals surface area contributed by atoms with Gasteiger partial charge in [0.25, 0.3) is 0 Å². The van der Waals surface area contributed by atoms with E-state index in [4.69, 9.17) is 0 Å². The van der Waals surface area contributed by atoms with Crippen LogP contribution in [0.3, 0.4) is 0 Å². The molecule has 0 unspecified atom stereocenters. The largest absolute Gasteiger partial charge is 0.324 e. The molecule has 0 aromatic carbocycles. The highest BCUT2D eigenvalue weighted by Gasteiger charge is 2.35. The Morgan fingerprint density at radius 3 is 2.67 bits per heavy atom. The Morgan fingerprint density at radius 2 is 2.00 bits per heavy atom. The van der Waals surface area contributed by atoms with Gasteiger partial charge in [-0.15, -0.1) is 10.2 Å². The van der Waals surface area contributed by atoms with E-state index in [9.17, 15) is 4.79 Å². The van der Waals surface area contributed by atoms with Crippen LogP contribution in [0.15, 0.2) is 0 Å². The van der Waals surface area contributed by atoms with Gasteiger partial charge in [-0.1, -0.05) is 30.6 Å². The standard InChI is InChI=1S/C15H24N4OS/c1-15(2)9-6-10-19(15)14(20)16-13-18-17-12(21-13)11-7-4-3-5-8-11/h11H,3-10H2,1-2H3,(H,16,18,20). The van der Waals surface area contributed by atoms with Gasteiger partial charge in [-0.3, -0.25) is 5.32 Å². The van der Waals surface area contributed by atoms with Gasteiger partial charge in [-0.05, 0) is 39.5 Å². The van der Waals surface area contributed by atoms with E-state index in [0.717, 1.165) is 24.4 Å². The van der Waals surface area contributed by atoms with Gasteiger partial charge in [0.1, 0.15) is 5.01 Å². The van der Waals surface area contributed by atoms with Gasteiger partial charge in [0, 0.05) is 18.0 Å². The molecular weight excluding hydrogens is 284 g/mol. The monoisotopic (exact) mass is 308 g/mol. The average Bonchev–Trinajstić information content (AvgIpc) is 3.06. The smallest absolute Gasteiger partial charge is 0.319 e. The van der Waals surface area contributed by atoms with E-state index < -0.39 is 0 Å². The van der Waals surface area contributed by atoms with Crippen molar-refractivity contribution in [2.24, 2.45) is 0 Å². The summed E-state index contributed by atoms with van der Waals surface area (Å²) in [5, 5.41) is 13.1. The molecular formula is C15H24N4OS. The fourth-order valence-corrected chi connectivity index (χ4v) is 4.34. The molecule has 3 rings (SSSR count). The molecule has 2 fully saturated rings. The first-order valence-electron chi connectivity index (χ1n) is 7.98. The molecule has 2 aliphatic rings. The number of nitrogens with zero attached hydrogens (tertiary/aromatic N) is 3. The van der Waals surface area contributed by atoms with Crippen molar-refractivity contribution in [1.82, 2.24) is 15.1 Å². The first-order valence-corrected chi connectivity index (χ1v) is 8.80. The van der Waals surface area contributed by atoms with Crippen molar-refractivity contribution >= 4 is 22.5 Å². The van der Waals surface area contributed by atoms with Gasteiger partial charge < -0.3 is 4.90 Å². The van der Waals surface area contributed by atoms with E-state index in [0.29, 0.717) is 11.0 Å². The highest BCUT2D eigenvalue weighted by Crippen LogP contribution is 2.35. The molecule has 2 amide bonds. The second-order valence-corrected chi connectivity index (χ2v) is 7.79. The van der Waals surface area contributed by atoms with Crippen LogP contribution >= 0.6 is 11.3 Å². The second kappa shape index (κ2) is 5.91. The summed E-state index contributed by atoms with van der Waals surface area (Å²) in [5.74, 6) is 0.546. The third kappa shape index (κ3) is 3.20. The predicted octanol–water partition coefficient (Wildman–Crippen LogP) is 3.99. The summed E-state index contributed by atoms with van der Waals surface area (Å²) in [6.45, 7) is 5.06. The molecule has 2 heterocycles. The minimum Gasteiger partial charge on any atom is -0.319 e. The summed E-state index contributed by atoms with van der Waals surface area (Å²) in [6, 6.07) is -0.0381. The number of amides is 2. The zero-order valence-corrected chi connectivity index (χ0v) is 13.7. The lowest BCUT2D eigenvalue weighted by Gasteiger charge is -2.31. The SMILES string of the molecule is CC1(C)CCCN1C(=O)Nc1nnc(C2CCCCC2)s1.